The number of fused-ring (bicyclic) bond motifs is 1. The summed E-state index contributed by atoms with van der Waals surface area (Å²) in [6.45, 7) is 2.81. The number of carbonyl (C=O) groups excluding carboxylic acids is 1. The van der Waals surface area contributed by atoms with Gasteiger partial charge >= 0.3 is 0 Å². The highest BCUT2D eigenvalue weighted by molar-refractivity contribution is 7.13. The molecule has 2 N–H and O–H groups in total. The van der Waals surface area contributed by atoms with E-state index in [9.17, 15) is 4.79 Å². The van der Waals surface area contributed by atoms with Crippen molar-refractivity contribution in [3.05, 3.63) is 29.3 Å². The molecular formula is C15H19Cl2N3O3S. The lowest BCUT2D eigenvalue weighted by Gasteiger charge is -2.10. The Balaban J connectivity index is 0.00000144. The van der Waals surface area contributed by atoms with Crippen LogP contribution in [0.15, 0.2) is 23.6 Å². The summed E-state index contributed by atoms with van der Waals surface area (Å²) in [6, 6.07) is 5.87. The van der Waals surface area contributed by atoms with Gasteiger partial charge in [0.05, 0.1) is 0 Å². The summed E-state index contributed by atoms with van der Waals surface area (Å²) >= 11 is 1.43. The van der Waals surface area contributed by atoms with Gasteiger partial charge in [-0.3, -0.25) is 4.79 Å². The molecule has 1 atom stereocenters. The number of hydrogen-bond donors (Lipinski definition) is 2. The molecule has 2 aromatic rings. The molecule has 1 aromatic carbocycles. The molecule has 0 aliphatic carbocycles. The first-order valence-corrected chi connectivity index (χ1v) is 7.86. The van der Waals surface area contributed by atoms with Gasteiger partial charge in [-0.1, -0.05) is 0 Å². The van der Waals surface area contributed by atoms with Crippen molar-refractivity contribution in [3.63, 3.8) is 0 Å². The Labute approximate surface area is 156 Å². The quantitative estimate of drug-likeness (QED) is 0.819. The van der Waals surface area contributed by atoms with Gasteiger partial charge in [-0.2, -0.15) is 0 Å². The molecule has 24 heavy (non-hydrogen) atoms. The van der Waals surface area contributed by atoms with Crippen molar-refractivity contribution in [1.82, 2.24) is 15.6 Å². The fourth-order valence-corrected chi connectivity index (χ4v) is 2.78. The molecule has 1 aromatic heterocycles. The molecule has 1 unspecified atom stereocenters. The largest absolute Gasteiger partial charge is 0.454 e. The van der Waals surface area contributed by atoms with Gasteiger partial charge < -0.3 is 20.1 Å². The maximum atomic E-state index is 12.1. The van der Waals surface area contributed by atoms with Gasteiger partial charge in [-0.25, -0.2) is 4.98 Å². The highest BCUT2D eigenvalue weighted by Crippen LogP contribution is 2.36. The summed E-state index contributed by atoms with van der Waals surface area (Å²) < 4.78 is 10.6. The van der Waals surface area contributed by atoms with Crippen molar-refractivity contribution in [2.75, 3.05) is 20.4 Å². The van der Waals surface area contributed by atoms with Crippen molar-refractivity contribution in [3.8, 4) is 22.1 Å². The number of aromatic nitrogens is 1. The van der Waals surface area contributed by atoms with E-state index >= 15 is 0 Å². The monoisotopic (exact) mass is 391 g/mol. The van der Waals surface area contributed by atoms with E-state index in [0.717, 1.165) is 16.3 Å². The van der Waals surface area contributed by atoms with Gasteiger partial charge in [-0.05, 0) is 32.2 Å². The molecule has 0 saturated heterocycles. The number of ether oxygens (including phenoxy) is 2. The van der Waals surface area contributed by atoms with E-state index in [1.54, 1.807) is 5.38 Å². The van der Waals surface area contributed by atoms with E-state index in [-0.39, 0.29) is 43.6 Å². The number of carbonyl (C=O) groups is 1. The minimum atomic E-state index is -0.162. The molecule has 6 nitrogen and oxygen atoms in total. The van der Waals surface area contributed by atoms with Crippen molar-refractivity contribution >= 4 is 42.1 Å². The average Bonchev–Trinajstić information content (AvgIpc) is 3.20. The van der Waals surface area contributed by atoms with E-state index in [1.165, 1.54) is 11.3 Å². The Morgan fingerprint density at radius 2 is 2.08 bits per heavy atom. The smallest absolute Gasteiger partial charge is 0.270 e. The third-order valence-corrected chi connectivity index (χ3v) is 4.31. The standard InChI is InChI=1S/C15H17N3O3S.2ClH/c1-9(16-2)6-17-14(19)11-7-22-15(18-11)10-3-4-12-13(5-10)21-8-20-12;;/h3-5,7,9,16H,6,8H2,1-2H3,(H,17,19);2*1H. The molecular weight excluding hydrogens is 373 g/mol. The van der Waals surface area contributed by atoms with E-state index in [0.29, 0.717) is 18.0 Å². The Morgan fingerprint density at radius 3 is 2.83 bits per heavy atom. The molecule has 0 bridgehead atoms. The maximum absolute atomic E-state index is 12.1. The second-order valence-corrected chi connectivity index (χ2v) is 5.86. The Hall–Kier alpha value is -1.54. The van der Waals surface area contributed by atoms with Crippen LogP contribution in [-0.4, -0.2) is 37.3 Å². The fourth-order valence-electron chi connectivity index (χ4n) is 1.98. The summed E-state index contributed by atoms with van der Waals surface area (Å²) in [5, 5.41) is 8.47. The Bertz CT molecular complexity index is 696. The molecule has 1 amide bonds. The first-order valence-electron chi connectivity index (χ1n) is 6.98. The van der Waals surface area contributed by atoms with Crippen LogP contribution in [0.25, 0.3) is 10.6 Å². The van der Waals surface area contributed by atoms with Crippen LogP contribution in [-0.2, 0) is 0 Å². The van der Waals surface area contributed by atoms with Crippen LogP contribution in [0.4, 0.5) is 0 Å². The lowest BCUT2D eigenvalue weighted by atomic mass is 10.2. The van der Waals surface area contributed by atoms with Crippen LogP contribution in [0.3, 0.4) is 0 Å². The van der Waals surface area contributed by atoms with Crippen LogP contribution in [0.1, 0.15) is 17.4 Å². The van der Waals surface area contributed by atoms with Crippen LogP contribution in [0, 0.1) is 0 Å². The van der Waals surface area contributed by atoms with E-state index < -0.39 is 0 Å². The van der Waals surface area contributed by atoms with E-state index in [2.05, 4.69) is 15.6 Å². The highest BCUT2D eigenvalue weighted by atomic mass is 35.5. The molecule has 2 heterocycles. The Morgan fingerprint density at radius 1 is 1.33 bits per heavy atom. The van der Waals surface area contributed by atoms with Crippen LogP contribution >= 0.6 is 36.2 Å². The van der Waals surface area contributed by atoms with Gasteiger partial charge in [0.2, 0.25) is 6.79 Å². The summed E-state index contributed by atoms with van der Waals surface area (Å²) in [5.41, 5.74) is 1.35. The van der Waals surface area contributed by atoms with Crippen LogP contribution in [0.5, 0.6) is 11.5 Å². The molecule has 1 aliphatic heterocycles. The molecule has 0 fully saturated rings. The molecule has 0 saturated carbocycles. The minimum Gasteiger partial charge on any atom is -0.454 e. The molecule has 3 rings (SSSR count). The first kappa shape index (κ1) is 20.5. The van der Waals surface area contributed by atoms with Gasteiger partial charge in [0, 0.05) is 23.5 Å². The van der Waals surface area contributed by atoms with Gasteiger partial charge in [0.25, 0.3) is 5.91 Å². The van der Waals surface area contributed by atoms with Crippen molar-refractivity contribution in [2.45, 2.75) is 13.0 Å². The number of amides is 1. The first-order chi connectivity index (χ1) is 10.7. The van der Waals surface area contributed by atoms with Crippen molar-refractivity contribution < 1.29 is 14.3 Å². The number of hydrogen-bond acceptors (Lipinski definition) is 6. The highest BCUT2D eigenvalue weighted by Gasteiger charge is 2.17. The predicted molar refractivity (Wildman–Crippen MR) is 99.0 cm³/mol. The van der Waals surface area contributed by atoms with Crippen molar-refractivity contribution in [2.24, 2.45) is 0 Å². The topological polar surface area (TPSA) is 72.5 Å². The zero-order valence-corrected chi connectivity index (χ0v) is 15.6. The van der Waals surface area contributed by atoms with Crippen LogP contribution < -0.4 is 20.1 Å². The van der Waals surface area contributed by atoms with E-state index in [4.69, 9.17) is 9.47 Å². The second-order valence-electron chi connectivity index (χ2n) is 5.01. The van der Waals surface area contributed by atoms with Gasteiger partial charge in [-0.15, -0.1) is 36.2 Å². The molecule has 1 aliphatic rings. The molecule has 132 valence electrons. The van der Waals surface area contributed by atoms with Crippen molar-refractivity contribution in [1.29, 1.82) is 0 Å². The molecule has 0 spiro atoms. The maximum Gasteiger partial charge on any atom is 0.270 e. The van der Waals surface area contributed by atoms with Gasteiger partial charge in [0.15, 0.2) is 11.5 Å². The predicted octanol–water partition coefficient (Wildman–Crippen LogP) is 2.72. The number of benzene rings is 1. The number of nitrogens with one attached hydrogen (secondary N) is 2. The summed E-state index contributed by atoms with van der Waals surface area (Å²) in [7, 11) is 1.86. The van der Waals surface area contributed by atoms with Gasteiger partial charge in [0.1, 0.15) is 10.7 Å². The zero-order chi connectivity index (χ0) is 15.5. The SMILES string of the molecule is CNC(C)CNC(=O)c1csc(-c2ccc3c(c2)OCO3)n1.Cl.Cl. The Kier molecular flexibility index (Phi) is 7.75. The number of rotatable bonds is 5. The lowest BCUT2D eigenvalue weighted by Crippen LogP contribution is -2.37. The third kappa shape index (κ3) is 4.51. The second kappa shape index (κ2) is 9.08. The fraction of sp³-hybridized carbons (Fsp3) is 0.333. The summed E-state index contributed by atoms with van der Waals surface area (Å²) in [5.74, 6) is 1.28. The average molecular weight is 392 g/mol. The normalized spacial score (nSPS) is 12.8. The zero-order valence-electron chi connectivity index (χ0n) is 13.2. The molecule has 0 radical (unpaired) electrons. The van der Waals surface area contributed by atoms with E-state index in [1.807, 2.05) is 32.2 Å². The number of thiazole rings is 1. The number of likely N-dealkylation sites (N-methyl/N-ethyl adjacent to an activating group) is 1. The summed E-state index contributed by atoms with van der Waals surface area (Å²) in [6.07, 6.45) is 0. The minimum absolute atomic E-state index is 0. The number of nitrogens with zero attached hydrogens (tertiary/aromatic N) is 1. The number of halogens is 2. The lowest BCUT2D eigenvalue weighted by molar-refractivity contribution is 0.0946. The third-order valence-electron chi connectivity index (χ3n) is 3.42. The van der Waals surface area contributed by atoms with Crippen LogP contribution in [0.2, 0.25) is 0 Å². The molecule has 9 heteroatoms. The summed E-state index contributed by atoms with van der Waals surface area (Å²) in [4.78, 5) is 16.5.